The first-order chi connectivity index (χ1) is 10.3. The van der Waals surface area contributed by atoms with Crippen LogP contribution >= 0.6 is 0 Å². The molecular formula is C18H14O3. The van der Waals surface area contributed by atoms with Gasteiger partial charge in [0.05, 0.1) is 5.56 Å². The number of rotatable bonds is 3. The Kier molecular flexibility index (Phi) is 3.67. The third-order valence-corrected chi connectivity index (χ3v) is 3.31. The molecule has 0 heterocycles. The molecule has 1 atom stereocenters. The Morgan fingerprint density at radius 2 is 1.52 bits per heavy atom. The van der Waals surface area contributed by atoms with Gasteiger partial charge in [-0.2, -0.15) is 0 Å². The monoisotopic (exact) mass is 278 g/mol. The van der Waals surface area contributed by atoms with Gasteiger partial charge in [0.15, 0.2) is 0 Å². The van der Waals surface area contributed by atoms with Crippen molar-refractivity contribution in [2.75, 3.05) is 0 Å². The van der Waals surface area contributed by atoms with Gasteiger partial charge in [-0.15, -0.1) is 0 Å². The maximum atomic E-state index is 12.3. The smallest absolute Gasteiger partial charge is 0.341 e. The Hall–Kier alpha value is -2.65. The number of carbonyl (C=O) groups is 1. The molecule has 3 nitrogen and oxygen atoms in total. The summed E-state index contributed by atoms with van der Waals surface area (Å²) >= 11 is 0. The number of carbonyl (C=O) groups excluding carboxylic acids is 1. The molecule has 0 aliphatic carbocycles. The van der Waals surface area contributed by atoms with Crippen molar-refractivity contribution in [3.05, 3.63) is 83.9 Å². The van der Waals surface area contributed by atoms with Crippen molar-refractivity contribution in [2.45, 2.75) is 6.29 Å². The molecule has 3 aromatic rings. The molecule has 0 saturated heterocycles. The third-order valence-electron chi connectivity index (χ3n) is 3.31. The zero-order chi connectivity index (χ0) is 14.7. The number of hydrogen-bond donors (Lipinski definition) is 1. The predicted molar refractivity (Wildman–Crippen MR) is 80.8 cm³/mol. The molecule has 0 saturated carbocycles. The lowest BCUT2D eigenvalue weighted by molar-refractivity contribution is -0.0670. The van der Waals surface area contributed by atoms with Crippen LogP contribution in [0.5, 0.6) is 0 Å². The van der Waals surface area contributed by atoms with Crippen molar-refractivity contribution in [2.24, 2.45) is 0 Å². The molecule has 1 N–H and O–H groups in total. The highest BCUT2D eigenvalue weighted by molar-refractivity contribution is 6.04. The fourth-order valence-corrected chi connectivity index (χ4v) is 2.25. The van der Waals surface area contributed by atoms with E-state index in [1.165, 1.54) is 0 Å². The second kappa shape index (κ2) is 5.77. The lowest BCUT2D eigenvalue weighted by Crippen LogP contribution is -2.11. The van der Waals surface area contributed by atoms with Gasteiger partial charge >= 0.3 is 5.97 Å². The van der Waals surface area contributed by atoms with Crippen molar-refractivity contribution in [1.82, 2.24) is 0 Å². The predicted octanol–water partition coefficient (Wildman–Crippen LogP) is 3.69. The Morgan fingerprint density at radius 1 is 0.857 bits per heavy atom. The van der Waals surface area contributed by atoms with Gasteiger partial charge in [-0.25, -0.2) is 4.79 Å². The molecule has 0 bridgehead atoms. The first-order valence-corrected chi connectivity index (χ1v) is 6.67. The van der Waals surface area contributed by atoms with E-state index in [0.717, 1.165) is 10.8 Å². The molecule has 0 aliphatic rings. The second-order valence-electron chi connectivity index (χ2n) is 4.70. The number of fused-ring (bicyclic) bond motifs is 1. The van der Waals surface area contributed by atoms with Crippen LogP contribution in [-0.2, 0) is 4.74 Å². The van der Waals surface area contributed by atoms with Crippen LogP contribution in [0.2, 0.25) is 0 Å². The Bertz CT molecular complexity index is 760. The summed E-state index contributed by atoms with van der Waals surface area (Å²) in [5.41, 5.74) is 0.995. The number of esters is 1. The number of aliphatic hydroxyl groups excluding tert-OH is 1. The molecule has 104 valence electrons. The van der Waals surface area contributed by atoms with Gasteiger partial charge < -0.3 is 9.84 Å². The van der Waals surface area contributed by atoms with Gasteiger partial charge in [0.25, 0.3) is 0 Å². The van der Waals surface area contributed by atoms with Crippen LogP contribution in [0.25, 0.3) is 10.8 Å². The van der Waals surface area contributed by atoms with Gasteiger partial charge in [0.2, 0.25) is 6.29 Å². The standard InChI is InChI=1S/C18H14O3/c19-17(14-8-2-1-3-9-14)21-18(20)16-12-6-10-13-7-4-5-11-15(13)16/h1-12,17,19H. The fraction of sp³-hybridized carbons (Fsp3) is 0.0556. The first-order valence-electron chi connectivity index (χ1n) is 6.67. The molecule has 3 heteroatoms. The molecule has 0 amide bonds. The van der Waals surface area contributed by atoms with E-state index in [9.17, 15) is 9.90 Å². The van der Waals surface area contributed by atoms with E-state index in [1.54, 1.807) is 36.4 Å². The normalized spacial score (nSPS) is 12.0. The first kappa shape index (κ1) is 13.3. The Morgan fingerprint density at radius 3 is 2.33 bits per heavy atom. The molecule has 3 rings (SSSR count). The van der Waals surface area contributed by atoms with Crippen molar-refractivity contribution in [3.63, 3.8) is 0 Å². The highest BCUT2D eigenvalue weighted by Crippen LogP contribution is 2.22. The van der Waals surface area contributed by atoms with Crippen LogP contribution in [0.15, 0.2) is 72.8 Å². The topological polar surface area (TPSA) is 46.5 Å². The highest BCUT2D eigenvalue weighted by Gasteiger charge is 2.16. The zero-order valence-corrected chi connectivity index (χ0v) is 11.3. The fourth-order valence-electron chi connectivity index (χ4n) is 2.25. The minimum Gasteiger partial charge on any atom is -0.428 e. The second-order valence-corrected chi connectivity index (χ2v) is 4.70. The summed E-state index contributed by atoms with van der Waals surface area (Å²) in [4.78, 5) is 12.3. The summed E-state index contributed by atoms with van der Waals surface area (Å²) in [5.74, 6) is -0.539. The van der Waals surface area contributed by atoms with Crippen LogP contribution < -0.4 is 0 Å². The van der Waals surface area contributed by atoms with E-state index in [-0.39, 0.29) is 0 Å². The summed E-state index contributed by atoms with van der Waals surface area (Å²) in [6.45, 7) is 0. The summed E-state index contributed by atoms with van der Waals surface area (Å²) < 4.78 is 5.15. The summed E-state index contributed by atoms with van der Waals surface area (Å²) in [6.07, 6.45) is -1.27. The van der Waals surface area contributed by atoms with Crippen molar-refractivity contribution in [1.29, 1.82) is 0 Å². The van der Waals surface area contributed by atoms with E-state index >= 15 is 0 Å². The average Bonchev–Trinajstić information content (AvgIpc) is 2.55. The minimum absolute atomic E-state index is 0.447. The van der Waals surface area contributed by atoms with E-state index in [0.29, 0.717) is 11.1 Å². The average molecular weight is 278 g/mol. The van der Waals surface area contributed by atoms with Crippen molar-refractivity contribution >= 4 is 16.7 Å². The SMILES string of the molecule is O=C(OC(O)c1ccccc1)c1cccc2ccccc12. The Labute approximate surface area is 122 Å². The van der Waals surface area contributed by atoms with Crippen LogP contribution in [0.1, 0.15) is 22.2 Å². The lowest BCUT2D eigenvalue weighted by Gasteiger charge is -2.13. The molecule has 0 aliphatic heterocycles. The molecular weight excluding hydrogens is 264 g/mol. The maximum absolute atomic E-state index is 12.3. The molecule has 0 spiro atoms. The van der Waals surface area contributed by atoms with Gasteiger partial charge in [0, 0.05) is 5.56 Å². The highest BCUT2D eigenvalue weighted by atomic mass is 16.6. The molecule has 3 aromatic carbocycles. The quantitative estimate of drug-likeness (QED) is 0.587. The van der Waals surface area contributed by atoms with Gasteiger partial charge in [0.1, 0.15) is 0 Å². The largest absolute Gasteiger partial charge is 0.428 e. The Balaban J connectivity index is 1.88. The van der Waals surface area contributed by atoms with Crippen LogP contribution in [-0.4, -0.2) is 11.1 Å². The number of benzene rings is 3. The zero-order valence-electron chi connectivity index (χ0n) is 11.3. The van der Waals surface area contributed by atoms with Crippen LogP contribution in [0, 0.1) is 0 Å². The summed E-state index contributed by atoms with van der Waals surface area (Å²) in [5, 5.41) is 11.8. The molecule has 0 aromatic heterocycles. The summed E-state index contributed by atoms with van der Waals surface area (Å²) in [6, 6.07) is 21.8. The van der Waals surface area contributed by atoms with Crippen LogP contribution in [0.4, 0.5) is 0 Å². The number of hydrogen-bond acceptors (Lipinski definition) is 3. The van der Waals surface area contributed by atoms with E-state index in [4.69, 9.17) is 4.74 Å². The van der Waals surface area contributed by atoms with Gasteiger partial charge in [-0.05, 0) is 16.8 Å². The third kappa shape index (κ3) is 2.78. The molecule has 21 heavy (non-hydrogen) atoms. The van der Waals surface area contributed by atoms with Crippen molar-refractivity contribution < 1.29 is 14.6 Å². The van der Waals surface area contributed by atoms with E-state index in [1.807, 2.05) is 36.4 Å². The summed E-state index contributed by atoms with van der Waals surface area (Å²) in [7, 11) is 0. The number of ether oxygens (including phenoxy) is 1. The molecule has 0 fully saturated rings. The lowest BCUT2D eigenvalue weighted by atomic mass is 10.0. The maximum Gasteiger partial charge on any atom is 0.341 e. The minimum atomic E-state index is -1.27. The molecule has 0 radical (unpaired) electrons. The van der Waals surface area contributed by atoms with Gasteiger partial charge in [-0.1, -0.05) is 66.7 Å². The van der Waals surface area contributed by atoms with Crippen LogP contribution in [0.3, 0.4) is 0 Å². The number of aliphatic hydroxyl groups is 1. The van der Waals surface area contributed by atoms with Gasteiger partial charge in [-0.3, -0.25) is 0 Å². The molecule has 1 unspecified atom stereocenters. The van der Waals surface area contributed by atoms with E-state index in [2.05, 4.69) is 0 Å². The van der Waals surface area contributed by atoms with E-state index < -0.39 is 12.3 Å². The van der Waals surface area contributed by atoms with Crippen molar-refractivity contribution in [3.8, 4) is 0 Å².